The van der Waals surface area contributed by atoms with Crippen molar-refractivity contribution < 1.29 is 14.6 Å². The van der Waals surface area contributed by atoms with Crippen molar-refractivity contribution in [3.63, 3.8) is 0 Å². The number of aliphatic hydroxyl groups is 1. The first-order valence-corrected chi connectivity index (χ1v) is 10.2. The van der Waals surface area contributed by atoms with E-state index in [-0.39, 0.29) is 11.5 Å². The second-order valence-corrected chi connectivity index (χ2v) is 9.59. The van der Waals surface area contributed by atoms with Crippen LogP contribution in [0.25, 0.3) is 0 Å². The van der Waals surface area contributed by atoms with Gasteiger partial charge in [0.1, 0.15) is 5.78 Å². The third kappa shape index (κ3) is 2.41. The van der Waals surface area contributed by atoms with Crippen molar-refractivity contribution in [1.82, 2.24) is 0 Å². The number of rotatable bonds is 2. The fourth-order valence-electron chi connectivity index (χ4n) is 7.24. The molecular weight excluding hydrogens is 300 g/mol. The predicted octanol–water partition coefficient (Wildman–Crippen LogP) is 3.97. The average molecular weight is 335 g/mol. The van der Waals surface area contributed by atoms with E-state index in [2.05, 4.69) is 6.92 Å². The zero-order valence-electron chi connectivity index (χ0n) is 15.6. The van der Waals surface area contributed by atoms with Crippen LogP contribution in [-0.2, 0) is 9.53 Å². The molecule has 0 aromatic rings. The van der Waals surface area contributed by atoms with E-state index in [4.69, 9.17) is 4.74 Å². The Morgan fingerprint density at radius 2 is 1.92 bits per heavy atom. The molecule has 1 N–H and O–H groups in total. The van der Waals surface area contributed by atoms with Gasteiger partial charge in [-0.05, 0) is 88.4 Å². The van der Waals surface area contributed by atoms with Crippen LogP contribution in [0.5, 0.6) is 0 Å². The van der Waals surface area contributed by atoms with E-state index in [1.54, 1.807) is 0 Å². The van der Waals surface area contributed by atoms with Gasteiger partial charge in [-0.1, -0.05) is 6.92 Å². The molecule has 8 unspecified atom stereocenters. The highest BCUT2D eigenvalue weighted by Crippen LogP contribution is 2.62. The van der Waals surface area contributed by atoms with Gasteiger partial charge in [-0.25, -0.2) is 0 Å². The van der Waals surface area contributed by atoms with E-state index >= 15 is 0 Å². The van der Waals surface area contributed by atoms with Gasteiger partial charge in [-0.2, -0.15) is 0 Å². The van der Waals surface area contributed by atoms with Crippen LogP contribution < -0.4 is 0 Å². The SMILES string of the molecule is CCOC1CC2C(CCC3C2CCC2(C)C(=O)CCC32)CC1(C)O. The molecule has 4 saturated carbocycles. The maximum Gasteiger partial charge on any atom is 0.139 e. The van der Waals surface area contributed by atoms with Crippen LogP contribution >= 0.6 is 0 Å². The largest absolute Gasteiger partial charge is 0.387 e. The molecule has 3 nitrogen and oxygen atoms in total. The molecule has 136 valence electrons. The highest BCUT2D eigenvalue weighted by molar-refractivity contribution is 5.87. The minimum Gasteiger partial charge on any atom is -0.387 e. The molecule has 24 heavy (non-hydrogen) atoms. The number of fused-ring (bicyclic) bond motifs is 5. The molecule has 8 atom stereocenters. The fourth-order valence-corrected chi connectivity index (χ4v) is 7.24. The number of ether oxygens (including phenoxy) is 1. The Hall–Kier alpha value is -0.410. The van der Waals surface area contributed by atoms with Gasteiger partial charge >= 0.3 is 0 Å². The second kappa shape index (κ2) is 5.81. The minimum atomic E-state index is -0.670. The average Bonchev–Trinajstić information content (AvgIpc) is 2.83. The van der Waals surface area contributed by atoms with Crippen molar-refractivity contribution in [2.45, 2.75) is 83.8 Å². The van der Waals surface area contributed by atoms with E-state index < -0.39 is 5.60 Å². The summed E-state index contributed by atoms with van der Waals surface area (Å²) >= 11 is 0. The summed E-state index contributed by atoms with van der Waals surface area (Å²) in [6.45, 7) is 6.94. The van der Waals surface area contributed by atoms with E-state index in [1.807, 2.05) is 13.8 Å². The zero-order chi connectivity index (χ0) is 17.1. The van der Waals surface area contributed by atoms with Crippen molar-refractivity contribution in [3.8, 4) is 0 Å². The van der Waals surface area contributed by atoms with Crippen LogP contribution in [0.4, 0.5) is 0 Å². The van der Waals surface area contributed by atoms with E-state index in [1.165, 1.54) is 19.3 Å². The highest BCUT2D eigenvalue weighted by Gasteiger charge is 2.58. The van der Waals surface area contributed by atoms with Gasteiger partial charge in [-0.15, -0.1) is 0 Å². The Balaban J connectivity index is 1.56. The van der Waals surface area contributed by atoms with Gasteiger partial charge in [0.05, 0.1) is 11.7 Å². The number of carbonyl (C=O) groups is 1. The van der Waals surface area contributed by atoms with Crippen LogP contribution in [0.15, 0.2) is 0 Å². The van der Waals surface area contributed by atoms with Gasteiger partial charge in [0.15, 0.2) is 0 Å². The van der Waals surface area contributed by atoms with Crippen molar-refractivity contribution >= 4 is 5.78 Å². The second-order valence-electron chi connectivity index (χ2n) is 9.59. The summed E-state index contributed by atoms with van der Waals surface area (Å²) in [6, 6.07) is 0. The van der Waals surface area contributed by atoms with Crippen molar-refractivity contribution in [2.75, 3.05) is 6.61 Å². The Morgan fingerprint density at radius 3 is 2.67 bits per heavy atom. The minimum absolute atomic E-state index is 0.0129. The Morgan fingerprint density at radius 1 is 1.12 bits per heavy atom. The molecule has 4 aliphatic rings. The lowest BCUT2D eigenvalue weighted by molar-refractivity contribution is -0.171. The molecule has 4 fully saturated rings. The third-order valence-corrected chi connectivity index (χ3v) is 8.45. The standard InChI is InChI=1S/C21H34O3/c1-4-24-19-11-16-13(12-21(19,3)23)5-6-15-14(16)9-10-20(2)17(15)7-8-18(20)22/h13-17,19,23H,4-12H2,1-3H3. The molecular formula is C21H34O3. The van der Waals surface area contributed by atoms with E-state index in [9.17, 15) is 9.90 Å². The maximum absolute atomic E-state index is 12.5. The number of Topliss-reactive ketones (excluding diaryl/α,β-unsaturated/α-hetero) is 1. The molecule has 0 spiro atoms. The lowest BCUT2D eigenvalue weighted by atomic mass is 9.49. The molecule has 0 heterocycles. The highest BCUT2D eigenvalue weighted by atomic mass is 16.5. The van der Waals surface area contributed by atoms with Crippen molar-refractivity contribution in [2.24, 2.45) is 35.0 Å². The number of hydrogen-bond donors (Lipinski definition) is 1. The summed E-state index contributed by atoms with van der Waals surface area (Å²) in [5, 5.41) is 10.9. The first kappa shape index (κ1) is 17.0. The van der Waals surface area contributed by atoms with Crippen molar-refractivity contribution in [1.29, 1.82) is 0 Å². The molecule has 0 radical (unpaired) electrons. The van der Waals surface area contributed by atoms with Crippen LogP contribution in [0.1, 0.15) is 72.1 Å². The summed E-state index contributed by atoms with van der Waals surface area (Å²) in [5.41, 5.74) is -0.690. The Labute approximate surface area is 146 Å². The summed E-state index contributed by atoms with van der Waals surface area (Å²) in [7, 11) is 0. The smallest absolute Gasteiger partial charge is 0.139 e. The fraction of sp³-hybridized carbons (Fsp3) is 0.952. The van der Waals surface area contributed by atoms with Gasteiger partial charge < -0.3 is 9.84 Å². The normalized spacial score (nSPS) is 54.1. The molecule has 0 saturated heterocycles. The molecule has 4 aliphatic carbocycles. The van der Waals surface area contributed by atoms with E-state index in [0.717, 1.165) is 43.9 Å². The predicted molar refractivity (Wildman–Crippen MR) is 93.5 cm³/mol. The summed E-state index contributed by atoms with van der Waals surface area (Å²) in [4.78, 5) is 12.5. The van der Waals surface area contributed by atoms with Crippen LogP contribution in [0.3, 0.4) is 0 Å². The lowest BCUT2D eigenvalue weighted by Gasteiger charge is -2.57. The topological polar surface area (TPSA) is 46.5 Å². The first-order valence-electron chi connectivity index (χ1n) is 10.2. The number of hydrogen-bond acceptors (Lipinski definition) is 3. The molecule has 0 aliphatic heterocycles. The molecule has 0 bridgehead atoms. The maximum atomic E-state index is 12.5. The van der Waals surface area contributed by atoms with Crippen molar-refractivity contribution in [3.05, 3.63) is 0 Å². The van der Waals surface area contributed by atoms with Gasteiger partial charge in [0.25, 0.3) is 0 Å². The third-order valence-electron chi connectivity index (χ3n) is 8.45. The van der Waals surface area contributed by atoms with Gasteiger partial charge in [-0.3, -0.25) is 4.79 Å². The Bertz CT molecular complexity index is 513. The Kier molecular flexibility index (Phi) is 4.12. The quantitative estimate of drug-likeness (QED) is 0.831. The summed E-state index contributed by atoms with van der Waals surface area (Å²) < 4.78 is 5.95. The lowest BCUT2D eigenvalue weighted by Crippen LogP contribution is -2.55. The van der Waals surface area contributed by atoms with Gasteiger partial charge in [0.2, 0.25) is 0 Å². The number of carbonyl (C=O) groups excluding carboxylic acids is 1. The number of ketones is 1. The van der Waals surface area contributed by atoms with Crippen LogP contribution in [0, 0.1) is 35.0 Å². The molecule has 4 rings (SSSR count). The summed E-state index contributed by atoms with van der Waals surface area (Å²) in [5.74, 6) is 4.00. The summed E-state index contributed by atoms with van der Waals surface area (Å²) in [6.07, 6.45) is 8.66. The first-order chi connectivity index (χ1) is 11.4. The molecule has 0 aromatic carbocycles. The zero-order valence-corrected chi connectivity index (χ0v) is 15.6. The molecule has 0 amide bonds. The monoisotopic (exact) mass is 334 g/mol. The van der Waals surface area contributed by atoms with E-state index in [0.29, 0.717) is 30.1 Å². The molecule has 0 aromatic heterocycles. The van der Waals surface area contributed by atoms with Crippen LogP contribution in [-0.4, -0.2) is 29.2 Å². The van der Waals surface area contributed by atoms with Gasteiger partial charge in [0, 0.05) is 18.4 Å². The molecule has 3 heteroatoms. The van der Waals surface area contributed by atoms with Crippen LogP contribution in [0.2, 0.25) is 0 Å².